The molecule has 0 aliphatic rings. The van der Waals surface area contributed by atoms with Crippen molar-refractivity contribution in [3.05, 3.63) is 64.9 Å². The van der Waals surface area contributed by atoms with Crippen molar-refractivity contribution in [3.63, 3.8) is 0 Å². The van der Waals surface area contributed by atoms with Crippen molar-refractivity contribution in [3.8, 4) is 0 Å². The maximum absolute atomic E-state index is 6.10. The van der Waals surface area contributed by atoms with Gasteiger partial charge in [-0.2, -0.15) is 0 Å². The van der Waals surface area contributed by atoms with Crippen LogP contribution in [0.5, 0.6) is 0 Å². The Balaban J connectivity index is 1.86. The van der Waals surface area contributed by atoms with E-state index in [1.165, 1.54) is 5.56 Å². The minimum Gasteiger partial charge on any atom is -0.263 e. The Bertz CT molecular complexity index is 487. The van der Waals surface area contributed by atoms with E-state index in [2.05, 4.69) is 45.2 Å². The van der Waals surface area contributed by atoms with Gasteiger partial charge in [0.1, 0.15) is 0 Å². The number of nitrogens with zero attached hydrogens (tertiary/aromatic N) is 1. The molecule has 0 aliphatic carbocycles. The number of aromatic nitrogens is 1. The molecule has 0 saturated carbocycles. The van der Waals surface area contributed by atoms with Gasteiger partial charge in [-0.05, 0) is 36.5 Å². The highest BCUT2D eigenvalue weighted by Gasteiger charge is 2.08. The van der Waals surface area contributed by atoms with Crippen LogP contribution in [0.3, 0.4) is 0 Å². The van der Waals surface area contributed by atoms with Gasteiger partial charge in [0.2, 0.25) is 0 Å². The van der Waals surface area contributed by atoms with Gasteiger partial charge in [-0.1, -0.05) is 57.9 Å². The molecule has 2 rings (SSSR count). The first-order valence-corrected chi connectivity index (χ1v) is 7.31. The van der Waals surface area contributed by atoms with Crippen LogP contribution in [0.4, 0.5) is 0 Å². The topological polar surface area (TPSA) is 12.9 Å². The maximum Gasteiger partial charge on any atom is 0.0621 e. The van der Waals surface area contributed by atoms with Gasteiger partial charge in [0.05, 0.1) is 5.02 Å². The molecule has 0 spiro atoms. The molecule has 0 amide bonds. The van der Waals surface area contributed by atoms with Crippen molar-refractivity contribution in [2.24, 2.45) is 0 Å². The fraction of sp³-hybridized carbons (Fsp3) is 0.267. The molecule has 1 heterocycles. The number of halogens is 2. The second kappa shape index (κ2) is 6.91. The summed E-state index contributed by atoms with van der Waals surface area (Å²) in [5.74, 6) is 0. The van der Waals surface area contributed by atoms with Crippen LogP contribution in [0.15, 0.2) is 48.8 Å². The first-order chi connectivity index (χ1) is 8.75. The zero-order valence-corrected chi connectivity index (χ0v) is 12.4. The molecular weight excluding hydrogens is 310 g/mol. The van der Waals surface area contributed by atoms with E-state index in [1.807, 2.05) is 12.1 Å². The predicted molar refractivity (Wildman–Crippen MR) is 80.4 cm³/mol. The van der Waals surface area contributed by atoms with E-state index < -0.39 is 0 Å². The highest BCUT2D eigenvalue weighted by Crippen LogP contribution is 2.21. The Hall–Kier alpha value is -0.860. The summed E-state index contributed by atoms with van der Waals surface area (Å²) in [5, 5.41) is 0.752. The second-order valence-electron chi connectivity index (χ2n) is 4.29. The minimum atomic E-state index is 0.442. The van der Waals surface area contributed by atoms with E-state index >= 15 is 0 Å². The quantitative estimate of drug-likeness (QED) is 0.728. The summed E-state index contributed by atoms with van der Waals surface area (Å²) in [6, 6.07) is 12.5. The second-order valence-corrected chi connectivity index (χ2v) is 5.99. The lowest BCUT2D eigenvalue weighted by atomic mass is 10.0. The molecule has 94 valence electrons. The largest absolute Gasteiger partial charge is 0.263 e. The summed E-state index contributed by atoms with van der Waals surface area (Å²) in [5.41, 5.74) is 2.53. The lowest BCUT2D eigenvalue weighted by Crippen LogP contribution is -2.05. The average molecular weight is 325 g/mol. The van der Waals surface area contributed by atoms with Crippen LogP contribution in [-0.2, 0) is 12.8 Å². The standard InChI is InChI=1S/C15H15BrClN/c16-14(7-6-12-4-2-1-3-5-12)10-13-8-9-18-11-15(13)17/h1-5,8-9,11,14H,6-7,10H2. The van der Waals surface area contributed by atoms with Gasteiger partial charge in [-0.15, -0.1) is 0 Å². The summed E-state index contributed by atoms with van der Waals surface area (Å²) in [4.78, 5) is 4.44. The van der Waals surface area contributed by atoms with E-state index in [9.17, 15) is 0 Å². The number of rotatable bonds is 5. The van der Waals surface area contributed by atoms with Crippen LogP contribution in [0, 0.1) is 0 Å². The van der Waals surface area contributed by atoms with Gasteiger partial charge in [0.25, 0.3) is 0 Å². The zero-order valence-electron chi connectivity index (χ0n) is 10.0. The highest BCUT2D eigenvalue weighted by molar-refractivity contribution is 9.09. The maximum atomic E-state index is 6.10. The number of hydrogen-bond acceptors (Lipinski definition) is 1. The predicted octanol–water partition coefficient (Wildman–Crippen LogP) is 4.67. The van der Waals surface area contributed by atoms with E-state index in [0.29, 0.717) is 4.83 Å². The SMILES string of the molecule is Clc1cnccc1CC(Br)CCc1ccccc1. The number of hydrogen-bond donors (Lipinski definition) is 0. The van der Waals surface area contributed by atoms with Crippen LogP contribution in [0.25, 0.3) is 0 Å². The summed E-state index contributed by atoms with van der Waals surface area (Å²) >= 11 is 9.83. The third kappa shape index (κ3) is 4.11. The third-order valence-electron chi connectivity index (χ3n) is 2.89. The van der Waals surface area contributed by atoms with Gasteiger partial charge in [0.15, 0.2) is 0 Å². The molecule has 3 heteroatoms. The number of pyridine rings is 1. The Morgan fingerprint density at radius 3 is 2.67 bits per heavy atom. The smallest absolute Gasteiger partial charge is 0.0621 e. The van der Waals surface area contributed by atoms with Crippen molar-refractivity contribution < 1.29 is 0 Å². The lowest BCUT2D eigenvalue weighted by molar-refractivity contribution is 0.763. The number of aryl methyl sites for hydroxylation is 1. The molecule has 0 bridgehead atoms. The zero-order chi connectivity index (χ0) is 12.8. The molecule has 0 saturated heterocycles. The molecule has 0 aliphatic heterocycles. The van der Waals surface area contributed by atoms with E-state index in [4.69, 9.17) is 11.6 Å². The monoisotopic (exact) mass is 323 g/mol. The van der Waals surface area contributed by atoms with Crippen LogP contribution in [0.2, 0.25) is 5.02 Å². The first-order valence-electron chi connectivity index (χ1n) is 6.02. The molecule has 18 heavy (non-hydrogen) atoms. The van der Waals surface area contributed by atoms with Crippen molar-refractivity contribution in [1.29, 1.82) is 0 Å². The first kappa shape index (κ1) is 13.6. The van der Waals surface area contributed by atoms with E-state index in [-0.39, 0.29) is 0 Å². The average Bonchev–Trinajstić information content (AvgIpc) is 2.40. The molecule has 1 aromatic heterocycles. The molecule has 0 N–H and O–H groups in total. The van der Waals surface area contributed by atoms with Gasteiger partial charge >= 0.3 is 0 Å². The van der Waals surface area contributed by atoms with Crippen molar-refractivity contribution in [2.45, 2.75) is 24.1 Å². The molecule has 2 aromatic rings. The molecule has 1 nitrogen and oxygen atoms in total. The van der Waals surface area contributed by atoms with E-state index in [1.54, 1.807) is 12.4 Å². The van der Waals surface area contributed by atoms with Crippen molar-refractivity contribution in [2.75, 3.05) is 0 Å². The molecule has 1 aromatic carbocycles. The van der Waals surface area contributed by atoms with Crippen LogP contribution in [-0.4, -0.2) is 9.81 Å². The minimum absolute atomic E-state index is 0.442. The third-order valence-corrected chi connectivity index (χ3v) is 4.01. The Morgan fingerprint density at radius 2 is 1.94 bits per heavy atom. The summed E-state index contributed by atoms with van der Waals surface area (Å²) in [6.07, 6.45) is 6.61. The Labute approximate surface area is 121 Å². The summed E-state index contributed by atoms with van der Waals surface area (Å²) in [6.45, 7) is 0. The molecule has 1 atom stereocenters. The molecule has 1 unspecified atom stereocenters. The van der Waals surface area contributed by atoms with Crippen molar-refractivity contribution >= 4 is 27.5 Å². The number of alkyl halides is 1. The Kier molecular flexibility index (Phi) is 5.21. The van der Waals surface area contributed by atoms with Gasteiger partial charge in [0, 0.05) is 17.2 Å². The fourth-order valence-electron chi connectivity index (χ4n) is 1.88. The lowest BCUT2D eigenvalue weighted by Gasteiger charge is -2.10. The normalized spacial score (nSPS) is 12.3. The summed E-state index contributed by atoms with van der Waals surface area (Å²) < 4.78 is 0. The van der Waals surface area contributed by atoms with Gasteiger partial charge in [-0.25, -0.2) is 0 Å². The molecule has 0 radical (unpaired) electrons. The van der Waals surface area contributed by atoms with E-state index in [0.717, 1.165) is 29.8 Å². The fourth-order valence-corrected chi connectivity index (χ4v) is 2.65. The summed E-state index contributed by atoms with van der Waals surface area (Å²) in [7, 11) is 0. The van der Waals surface area contributed by atoms with Crippen LogP contribution in [0.1, 0.15) is 17.5 Å². The highest BCUT2D eigenvalue weighted by atomic mass is 79.9. The Morgan fingerprint density at radius 1 is 1.17 bits per heavy atom. The van der Waals surface area contributed by atoms with Crippen LogP contribution >= 0.6 is 27.5 Å². The van der Waals surface area contributed by atoms with Crippen LogP contribution < -0.4 is 0 Å². The molecular formula is C15H15BrClN. The van der Waals surface area contributed by atoms with Gasteiger partial charge < -0.3 is 0 Å². The van der Waals surface area contributed by atoms with Gasteiger partial charge in [-0.3, -0.25) is 4.98 Å². The number of benzene rings is 1. The van der Waals surface area contributed by atoms with Crippen molar-refractivity contribution in [1.82, 2.24) is 4.98 Å². The molecule has 0 fully saturated rings.